The van der Waals surface area contributed by atoms with Gasteiger partial charge in [0, 0.05) is 19.0 Å². The Bertz CT molecular complexity index is 581. The average molecular weight is 273 g/mol. The van der Waals surface area contributed by atoms with Crippen LogP contribution in [0.4, 0.5) is 5.82 Å². The summed E-state index contributed by atoms with van der Waals surface area (Å²) in [6, 6.07) is 4.00. The van der Waals surface area contributed by atoms with E-state index in [4.69, 9.17) is 10.7 Å². The van der Waals surface area contributed by atoms with Gasteiger partial charge in [-0.05, 0) is 25.0 Å². The fourth-order valence-electron chi connectivity index (χ4n) is 3.23. The molecule has 5 heteroatoms. The third-order valence-electron chi connectivity index (χ3n) is 4.56. The number of anilines is 1. The number of pyridine rings is 1. The molecular weight excluding hydrogens is 250 g/mol. The zero-order valence-electron chi connectivity index (χ0n) is 12.1. The molecule has 4 N–H and O–H groups in total. The summed E-state index contributed by atoms with van der Waals surface area (Å²) in [6.45, 7) is 0.658. The standard InChI is InChI=1S/C15H23N5/c1-17-12-7-6-11-13(19-12)20-14(18-11)15(10-16)8-4-2-3-5-9-15/h6-7H,2-5,8-10,16H2,1H3,(H2,17,18,19,20). The second-order valence-electron chi connectivity index (χ2n) is 5.80. The number of hydrogen-bond acceptors (Lipinski definition) is 4. The van der Waals surface area contributed by atoms with E-state index in [1.54, 1.807) is 0 Å². The van der Waals surface area contributed by atoms with Crippen molar-refractivity contribution in [2.75, 3.05) is 18.9 Å². The van der Waals surface area contributed by atoms with E-state index in [9.17, 15) is 0 Å². The van der Waals surface area contributed by atoms with E-state index in [0.717, 1.165) is 35.6 Å². The summed E-state index contributed by atoms with van der Waals surface area (Å²) in [4.78, 5) is 12.7. The minimum absolute atomic E-state index is 0.0109. The van der Waals surface area contributed by atoms with Crippen LogP contribution in [-0.4, -0.2) is 28.5 Å². The zero-order chi connectivity index (χ0) is 14.0. The highest BCUT2D eigenvalue weighted by molar-refractivity contribution is 5.73. The van der Waals surface area contributed by atoms with Gasteiger partial charge in [-0.1, -0.05) is 25.7 Å². The van der Waals surface area contributed by atoms with Gasteiger partial charge in [-0.2, -0.15) is 0 Å². The van der Waals surface area contributed by atoms with Crippen LogP contribution in [0.5, 0.6) is 0 Å². The van der Waals surface area contributed by atoms with Gasteiger partial charge in [0.15, 0.2) is 5.65 Å². The SMILES string of the molecule is CNc1ccc2[nH]c(C3(CN)CCCCCC3)nc2n1. The number of rotatable bonds is 3. The molecular formula is C15H23N5. The van der Waals surface area contributed by atoms with Crippen molar-refractivity contribution in [2.45, 2.75) is 43.9 Å². The summed E-state index contributed by atoms with van der Waals surface area (Å²) in [7, 11) is 1.87. The predicted molar refractivity (Wildman–Crippen MR) is 81.9 cm³/mol. The smallest absolute Gasteiger partial charge is 0.179 e. The Labute approximate surface area is 119 Å². The molecule has 0 spiro atoms. The maximum Gasteiger partial charge on any atom is 0.179 e. The van der Waals surface area contributed by atoms with Crippen LogP contribution in [0.15, 0.2) is 12.1 Å². The monoisotopic (exact) mass is 273 g/mol. The maximum atomic E-state index is 6.12. The lowest BCUT2D eigenvalue weighted by atomic mass is 9.79. The van der Waals surface area contributed by atoms with Gasteiger partial charge < -0.3 is 16.0 Å². The van der Waals surface area contributed by atoms with Crippen LogP contribution in [0.1, 0.15) is 44.3 Å². The van der Waals surface area contributed by atoms with E-state index in [1.807, 2.05) is 19.2 Å². The van der Waals surface area contributed by atoms with Gasteiger partial charge in [-0.15, -0.1) is 0 Å². The molecule has 3 rings (SSSR count). The molecule has 0 atom stereocenters. The lowest BCUT2D eigenvalue weighted by molar-refractivity contribution is 0.362. The number of aromatic amines is 1. The van der Waals surface area contributed by atoms with E-state index in [1.165, 1.54) is 25.7 Å². The van der Waals surface area contributed by atoms with Gasteiger partial charge in [0.25, 0.3) is 0 Å². The summed E-state index contributed by atoms with van der Waals surface area (Å²) in [6.07, 6.45) is 7.35. The van der Waals surface area contributed by atoms with Crippen molar-refractivity contribution in [3.8, 4) is 0 Å². The van der Waals surface area contributed by atoms with Crippen molar-refractivity contribution in [3.05, 3.63) is 18.0 Å². The van der Waals surface area contributed by atoms with Gasteiger partial charge in [0.1, 0.15) is 11.6 Å². The Hall–Kier alpha value is -1.62. The normalized spacial score (nSPS) is 18.9. The van der Waals surface area contributed by atoms with Crippen LogP contribution in [0.25, 0.3) is 11.2 Å². The molecule has 0 aliphatic heterocycles. The number of fused-ring (bicyclic) bond motifs is 1. The van der Waals surface area contributed by atoms with Crippen LogP contribution in [0, 0.1) is 0 Å². The molecule has 2 heterocycles. The Balaban J connectivity index is 2.02. The molecule has 0 aromatic carbocycles. The number of nitrogens with zero attached hydrogens (tertiary/aromatic N) is 2. The number of aromatic nitrogens is 3. The third kappa shape index (κ3) is 2.26. The Kier molecular flexibility index (Phi) is 3.61. The molecule has 20 heavy (non-hydrogen) atoms. The van der Waals surface area contributed by atoms with Crippen molar-refractivity contribution < 1.29 is 0 Å². The van der Waals surface area contributed by atoms with Crippen LogP contribution < -0.4 is 11.1 Å². The minimum atomic E-state index is 0.0109. The van der Waals surface area contributed by atoms with Crippen LogP contribution >= 0.6 is 0 Å². The van der Waals surface area contributed by atoms with E-state index in [2.05, 4.69) is 15.3 Å². The molecule has 0 saturated heterocycles. The average Bonchev–Trinajstić information content (AvgIpc) is 2.76. The molecule has 2 aromatic rings. The van der Waals surface area contributed by atoms with E-state index >= 15 is 0 Å². The molecule has 0 radical (unpaired) electrons. The van der Waals surface area contributed by atoms with Crippen molar-refractivity contribution in [2.24, 2.45) is 5.73 Å². The molecule has 0 amide bonds. The first-order chi connectivity index (χ1) is 9.77. The minimum Gasteiger partial charge on any atom is -0.373 e. The number of H-pyrrole nitrogens is 1. The third-order valence-corrected chi connectivity index (χ3v) is 4.56. The molecule has 1 fully saturated rings. The van der Waals surface area contributed by atoms with Crippen molar-refractivity contribution in [1.29, 1.82) is 0 Å². The second-order valence-corrected chi connectivity index (χ2v) is 5.80. The Morgan fingerprint density at radius 1 is 1.20 bits per heavy atom. The van der Waals surface area contributed by atoms with Gasteiger partial charge in [0.05, 0.1) is 5.52 Å². The van der Waals surface area contributed by atoms with Gasteiger partial charge in [-0.25, -0.2) is 9.97 Å². The van der Waals surface area contributed by atoms with Crippen molar-refractivity contribution in [3.63, 3.8) is 0 Å². The summed E-state index contributed by atoms with van der Waals surface area (Å²) in [5.41, 5.74) is 7.91. The van der Waals surface area contributed by atoms with Gasteiger partial charge >= 0.3 is 0 Å². The molecule has 1 aliphatic carbocycles. The quantitative estimate of drug-likeness (QED) is 0.751. The van der Waals surface area contributed by atoms with Crippen LogP contribution in [0.3, 0.4) is 0 Å². The summed E-state index contributed by atoms with van der Waals surface area (Å²) in [5, 5.41) is 3.05. The molecule has 108 valence electrons. The fraction of sp³-hybridized carbons (Fsp3) is 0.600. The number of hydrogen-bond donors (Lipinski definition) is 3. The molecule has 1 saturated carbocycles. The molecule has 0 bridgehead atoms. The Morgan fingerprint density at radius 3 is 2.60 bits per heavy atom. The molecule has 5 nitrogen and oxygen atoms in total. The zero-order valence-corrected chi connectivity index (χ0v) is 12.1. The summed E-state index contributed by atoms with van der Waals surface area (Å²) < 4.78 is 0. The number of imidazole rings is 1. The highest BCUT2D eigenvalue weighted by atomic mass is 15.1. The van der Waals surface area contributed by atoms with Gasteiger partial charge in [-0.3, -0.25) is 0 Å². The van der Waals surface area contributed by atoms with E-state index in [-0.39, 0.29) is 5.41 Å². The van der Waals surface area contributed by atoms with Crippen LogP contribution in [-0.2, 0) is 5.41 Å². The Morgan fingerprint density at radius 2 is 1.95 bits per heavy atom. The molecule has 1 aliphatic rings. The van der Waals surface area contributed by atoms with Crippen LogP contribution in [0.2, 0.25) is 0 Å². The molecule has 0 unspecified atom stereocenters. The lowest BCUT2D eigenvalue weighted by Crippen LogP contribution is -2.35. The first kappa shape index (κ1) is 13.4. The largest absolute Gasteiger partial charge is 0.373 e. The number of nitrogens with two attached hydrogens (primary N) is 1. The number of nitrogens with one attached hydrogen (secondary N) is 2. The summed E-state index contributed by atoms with van der Waals surface area (Å²) >= 11 is 0. The van der Waals surface area contributed by atoms with E-state index < -0.39 is 0 Å². The first-order valence-corrected chi connectivity index (χ1v) is 7.52. The topological polar surface area (TPSA) is 79.6 Å². The van der Waals surface area contributed by atoms with Crippen molar-refractivity contribution >= 4 is 17.0 Å². The van der Waals surface area contributed by atoms with E-state index in [0.29, 0.717) is 6.54 Å². The predicted octanol–water partition coefficient (Wildman–Crippen LogP) is 2.55. The molecule has 2 aromatic heterocycles. The summed E-state index contributed by atoms with van der Waals surface area (Å²) in [5.74, 6) is 1.87. The lowest BCUT2D eigenvalue weighted by Gasteiger charge is -2.28. The fourth-order valence-corrected chi connectivity index (χ4v) is 3.23. The second kappa shape index (κ2) is 5.40. The highest BCUT2D eigenvalue weighted by Crippen LogP contribution is 2.36. The van der Waals surface area contributed by atoms with Crippen molar-refractivity contribution in [1.82, 2.24) is 15.0 Å². The van der Waals surface area contributed by atoms with Gasteiger partial charge in [0.2, 0.25) is 0 Å². The highest BCUT2D eigenvalue weighted by Gasteiger charge is 2.34. The first-order valence-electron chi connectivity index (χ1n) is 7.52. The maximum absolute atomic E-state index is 6.12.